The molecule has 70 heavy (non-hydrogen) atoms. The van der Waals surface area contributed by atoms with Crippen molar-refractivity contribution in [2.24, 2.45) is 0 Å². The van der Waals surface area contributed by atoms with Crippen LogP contribution in [-0.4, -0.2) is 0 Å². The Balaban J connectivity index is 1.14. The van der Waals surface area contributed by atoms with Gasteiger partial charge in [0.15, 0.2) is 0 Å². The van der Waals surface area contributed by atoms with Crippen LogP contribution in [0.1, 0.15) is 0 Å². The molecular formula is C70H44. The Morgan fingerprint density at radius 1 is 0.157 bits per heavy atom. The highest BCUT2D eigenvalue weighted by molar-refractivity contribution is 6.31. The van der Waals surface area contributed by atoms with Crippen LogP contribution in [0, 0.1) is 0 Å². The summed E-state index contributed by atoms with van der Waals surface area (Å²) in [7, 11) is 0. The summed E-state index contributed by atoms with van der Waals surface area (Å²) in [6, 6.07) is 99.1. The molecule has 0 atom stereocenters. The lowest BCUT2D eigenvalue weighted by Gasteiger charge is -2.22. The zero-order valence-corrected chi connectivity index (χ0v) is 38.4. The lowest BCUT2D eigenvalue weighted by molar-refractivity contribution is 1.60. The van der Waals surface area contributed by atoms with Crippen molar-refractivity contribution in [2.75, 3.05) is 0 Å². The van der Waals surface area contributed by atoms with E-state index in [0.717, 1.165) is 0 Å². The molecule has 1 aliphatic rings. The lowest BCUT2D eigenvalue weighted by atomic mass is 9.80. The molecule has 14 rings (SSSR count). The van der Waals surface area contributed by atoms with Crippen molar-refractivity contribution in [2.45, 2.75) is 0 Å². The summed E-state index contributed by atoms with van der Waals surface area (Å²) in [5.41, 5.74) is 22.3. The van der Waals surface area contributed by atoms with Crippen molar-refractivity contribution in [3.8, 4) is 100 Å². The van der Waals surface area contributed by atoms with Gasteiger partial charge in [-0.3, -0.25) is 0 Å². The van der Waals surface area contributed by atoms with Crippen LogP contribution in [0.5, 0.6) is 0 Å². The molecule has 0 heterocycles. The van der Waals surface area contributed by atoms with Gasteiger partial charge >= 0.3 is 0 Å². The monoisotopic (exact) mass is 884 g/mol. The summed E-state index contributed by atoms with van der Waals surface area (Å²) in [6.45, 7) is 0. The molecule has 0 fully saturated rings. The topological polar surface area (TPSA) is 0 Å². The lowest BCUT2D eigenvalue weighted by Crippen LogP contribution is -1.95. The number of hydrogen-bond acceptors (Lipinski definition) is 0. The molecule has 0 N–H and O–H groups in total. The van der Waals surface area contributed by atoms with E-state index in [9.17, 15) is 0 Å². The molecule has 0 radical (unpaired) electrons. The highest BCUT2D eigenvalue weighted by Crippen LogP contribution is 2.60. The standard InChI is InChI=1S/C70H44/c1-7-21-45(22-8-1)54-37-39-57-68-58(40-38-55(67(54)68)46-23-9-2-10-24-46)70-66(50-31-17-6-18-32-50)62-43-53(35-36-56(62)65(69(57)70)49-29-15-5-16-30-49)60-44-59(47-25-11-3-12-26-47)61-41-51-33-19-20-34-52(51)42-63(61)64(60)48-27-13-4-14-28-48/h1-44H. The first-order valence-electron chi connectivity index (χ1n) is 24.3. The van der Waals surface area contributed by atoms with Gasteiger partial charge in [-0.15, -0.1) is 0 Å². The maximum Gasteiger partial charge on any atom is -0.000740 e. The maximum atomic E-state index is 2.52. The molecule has 0 aromatic heterocycles. The summed E-state index contributed by atoms with van der Waals surface area (Å²) in [5, 5.41) is 10.0. The van der Waals surface area contributed by atoms with Crippen LogP contribution in [-0.2, 0) is 0 Å². The molecule has 0 amide bonds. The molecule has 1 aliphatic carbocycles. The van der Waals surface area contributed by atoms with E-state index in [2.05, 4.69) is 267 Å². The number of hydrogen-bond donors (Lipinski definition) is 0. The molecule has 0 aliphatic heterocycles. The molecule has 0 spiro atoms. The molecule has 324 valence electrons. The Labute approximate surface area is 408 Å². The van der Waals surface area contributed by atoms with Crippen molar-refractivity contribution < 1.29 is 0 Å². The van der Waals surface area contributed by atoms with E-state index < -0.39 is 0 Å². The third kappa shape index (κ3) is 6.31. The van der Waals surface area contributed by atoms with E-state index >= 15 is 0 Å². The van der Waals surface area contributed by atoms with Crippen molar-refractivity contribution in [3.05, 3.63) is 267 Å². The average Bonchev–Trinajstić information content (AvgIpc) is 3.77. The van der Waals surface area contributed by atoms with E-state index in [1.54, 1.807) is 0 Å². The summed E-state index contributed by atoms with van der Waals surface area (Å²) >= 11 is 0. The summed E-state index contributed by atoms with van der Waals surface area (Å²) in [4.78, 5) is 0. The van der Waals surface area contributed by atoms with Crippen molar-refractivity contribution in [1.82, 2.24) is 0 Å². The second kappa shape index (κ2) is 16.3. The summed E-state index contributed by atoms with van der Waals surface area (Å²) in [5.74, 6) is 0. The molecule has 0 unspecified atom stereocenters. The number of fused-ring (bicyclic) bond motifs is 6. The second-order valence-corrected chi connectivity index (χ2v) is 18.6. The molecule has 0 saturated heterocycles. The van der Waals surface area contributed by atoms with Crippen LogP contribution in [0.3, 0.4) is 0 Å². The van der Waals surface area contributed by atoms with Gasteiger partial charge in [-0.1, -0.05) is 243 Å². The van der Waals surface area contributed by atoms with E-state index in [-0.39, 0.29) is 0 Å². The van der Waals surface area contributed by atoms with Gasteiger partial charge in [0.2, 0.25) is 0 Å². The highest BCUT2D eigenvalue weighted by atomic mass is 14.3. The largest absolute Gasteiger partial charge is 0.0622 e. The van der Waals surface area contributed by atoms with Crippen LogP contribution in [0.2, 0.25) is 0 Å². The minimum absolute atomic E-state index is 1.18. The molecule has 0 bridgehead atoms. The normalized spacial score (nSPS) is 11.7. The van der Waals surface area contributed by atoms with Gasteiger partial charge in [-0.2, -0.15) is 0 Å². The van der Waals surface area contributed by atoms with Crippen molar-refractivity contribution in [3.63, 3.8) is 0 Å². The van der Waals surface area contributed by atoms with E-state index in [1.807, 2.05) is 0 Å². The van der Waals surface area contributed by atoms with Crippen LogP contribution in [0.4, 0.5) is 0 Å². The van der Waals surface area contributed by atoms with E-state index in [4.69, 9.17) is 0 Å². The number of benzene rings is 13. The quantitative estimate of drug-likeness (QED) is 0.140. The minimum atomic E-state index is 1.18. The average molecular weight is 885 g/mol. The smallest absolute Gasteiger partial charge is 0.000740 e. The SMILES string of the molecule is c1ccc(-c2cc(-c3ccc4c(-c5ccccc5)c5c(c(-c6ccccc6)c4c3)-c3ccc(-c4ccccc4)c4c(-c6ccccc6)ccc-5c34)c(-c3ccccc3)c3cc4ccccc4cc23)cc1. The Kier molecular flexibility index (Phi) is 9.32. The van der Waals surface area contributed by atoms with Crippen molar-refractivity contribution in [1.29, 1.82) is 0 Å². The van der Waals surface area contributed by atoms with Crippen LogP contribution in [0.25, 0.3) is 143 Å². The second-order valence-electron chi connectivity index (χ2n) is 18.6. The van der Waals surface area contributed by atoms with E-state index in [0.29, 0.717) is 0 Å². The van der Waals surface area contributed by atoms with Crippen molar-refractivity contribution >= 4 is 43.1 Å². The van der Waals surface area contributed by atoms with Crippen LogP contribution >= 0.6 is 0 Å². The fourth-order valence-corrected chi connectivity index (χ4v) is 11.7. The van der Waals surface area contributed by atoms with E-state index in [1.165, 1.54) is 143 Å². The fraction of sp³-hybridized carbons (Fsp3) is 0. The third-order valence-electron chi connectivity index (χ3n) is 14.8. The predicted molar refractivity (Wildman–Crippen MR) is 299 cm³/mol. The Morgan fingerprint density at radius 2 is 0.514 bits per heavy atom. The molecular weight excluding hydrogens is 841 g/mol. The number of rotatable bonds is 7. The molecule has 13 aromatic carbocycles. The van der Waals surface area contributed by atoms with Gasteiger partial charge in [-0.05, 0) is 167 Å². The Bertz CT molecular complexity index is 4110. The Hall–Kier alpha value is -9.10. The van der Waals surface area contributed by atoms with Crippen LogP contribution in [0.15, 0.2) is 267 Å². The third-order valence-corrected chi connectivity index (χ3v) is 14.8. The summed E-state index contributed by atoms with van der Waals surface area (Å²) < 4.78 is 0. The van der Waals surface area contributed by atoms with Gasteiger partial charge in [0.1, 0.15) is 0 Å². The van der Waals surface area contributed by atoms with Crippen LogP contribution < -0.4 is 0 Å². The van der Waals surface area contributed by atoms with Gasteiger partial charge in [0.05, 0.1) is 0 Å². The zero-order valence-electron chi connectivity index (χ0n) is 38.4. The van der Waals surface area contributed by atoms with Gasteiger partial charge in [0, 0.05) is 0 Å². The molecule has 0 nitrogen and oxygen atoms in total. The Morgan fingerprint density at radius 3 is 1.00 bits per heavy atom. The first-order valence-corrected chi connectivity index (χ1v) is 24.3. The highest BCUT2D eigenvalue weighted by Gasteiger charge is 2.33. The fourth-order valence-electron chi connectivity index (χ4n) is 11.7. The van der Waals surface area contributed by atoms with Gasteiger partial charge in [-0.25, -0.2) is 0 Å². The van der Waals surface area contributed by atoms with Gasteiger partial charge < -0.3 is 0 Å². The molecule has 13 aromatic rings. The maximum absolute atomic E-state index is 2.52. The molecule has 0 saturated carbocycles. The summed E-state index contributed by atoms with van der Waals surface area (Å²) in [6.07, 6.45) is 0. The molecule has 0 heteroatoms. The van der Waals surface area contributed by atoms with Gasteiger partial charge in [0.25, 0.3) is 0 Å². The first-order chi connectivity index (χ1) is 34.8. The zero-order chi connectivity index (χ0) is 46.1. The predicted octanol–water partition coefficient (Wildman–Crippen LogP) is 19.6. The minimum Gasteiger partial charge on any atom is -0.0622 e. The first kappa shape index (κ1) is 40.0.